The number of likely N-dealkylation sites (N-methyl/N-ethyl adjacent to an activating group) is 1. The maximum atomic E-state index is 14.9. The number of pyridine rings is 1. The van der Waals surface area contributed by atoms with Crippen LogP contribution in [-0.4, -0.2) is 91.5 Å². The minimum Gasteiger partial charge on any atom is -0.354 e. The molecule has 36 heavy (non-hydrogen) atoms. The molecular formula is C25H33FN8OS. The van der Waals surface area contributed by atoms with Crippen LogP contribution in [-0.2, 0) is 0 Å². The summed E-state index contributed by atoms with van der Waals surface area (Å²) >= 11 is 1.59. The Balaban J connectivity index is 1.22. The quantitative estimate of drug-likeness (QED) is 0.465. The molecule has 2 aliphatic rings. The van der Waals surface area contributed by atoms with Gasteiger partial charge in [0.1, 0.15) is 18.3 Å². The maximum Gasteiger partial charge on any atom is 0.255 e. The van der Waals surface area contributed by atoms with E-state index in [2.05, 4.69) is 37.7 Å². The van der Waals surface area contributed by atoms with Gasteiger partial charge in [0, 0.05) is 53.0 Å². The fraction of sp³-hybridized carbons (Fsp3) is 0.480. The first-order chi connectivity index (χ1) is 17.4. The number of hydrogen-bond acceptors (Lipinski definition) is 9. The standard InChI is InChI=1S/C25H33FN8OS/c1-4-33-9-11-34(12-10-33)23(35)17-6-8-21(27-14-17)30-24-28-15-18(26)22(31-24)16-5-7-19-20(13-16)36-25(29-19)32(2)3/h5-8,13-14,18,22,24,28,31H,4,9-12,15H2,1-3H3,(H,27,30)/t18-,22+,24+/m1/s1. The highest BCUT2D eigenvalue weighted by atomic mass is 32.1. The monoisotopic (exact) mass is 512 g/mol. The van der Waals surface area contributed by atoms with Gasteiger partial charge in [-0.25, -0.2) is 14.4 Å². The molecule has 0 aliphatic carbocycles. The number of carbonyl (C=O) groups is 1. The molecular weight excluding hydrogens is 479 g/mol. The van der Waals surface area contributed by atoms with Gasteiger partial charge in [0.15, 0.2) is 5.13 Å². The second-order valence-electron chi connectivity index (χ2n) is 9.42. The summed E-state index contributed by atoms with van der Waals surface area (Å²) in [6.45, 7) is 6.62. The molecule has 0 spiro atoms. The molecule has 1 aromatic carbocycles. The smallest absolute Gasteiger partial charge is 0.255 e. The van der Waals surface area contributed by atoms with Gasteiger partial charge in [-0.1, -0.05) is 24.3 Å². The molecule has 2 fully saturated rings. The minimum absolute atomic E-state index is 0.00920. The van der Waals surface area contributed by atoms with Gasteiger partial charge in [-0.15, -0.1) is 0 Å². The van der Waals surface area contributed by atoms with E-state index in [4.69, 9.17) is 0 Å². The maximum absolute atomic E-state index is 14.9. The van der Waals surface area contributed by atoms with Crippen molar-refractivity contribution in [1.82, 2.24) is 30.4 Å². The Kier molecular flexibility index (Phi) is 7.33. The van der Waals surface area contributed by atoms with E-state index in [1.54, 1.807) is 29.7 Å². The van der Waals surface area contributed by atoms with E-state index in [1.165, 1.54) is 0 Å². The van der Waals surface area contributed by atoms with Crippen LogP contribution in [0.25, 0.3) is 10.2 Å². The van der Waals surface area contributed by atoms with Crippen molar-refractivity contribution in [3.8, 4) is 0 Å². The molecule has 4 heterocycles. The molecule has 3 atom stereocenters. The Morgan fingerprint density at radius 3 is 2.72 bits per heavy atom. The van der Waals surface area contributed by atoms with Crippen LogP contribution in [0.1, 0.15) is 28.9 Å². The molecule has 9 nitrogen and oxygen atoms in total. The molecule has 3 aromatic rings. The Morgan fingerprint density at radius 2 is 2.03 bits per heavy atom. The van der Waals surface area contributed by atoms with Crippen LogP contribution in [0.2, 0.25) is 0 Å². The van der Waals surface area contributed by atoms with Crippen molar-refractivity contribution in [3.05, 3.63) is 47.7 Å². The molecule has 0 saturated carbocycles. The number of fused-ring (bicyclic) bond motifs is 1. The van der Waals surface area contributed by atoms with Crippen molar-refractivity contribution in [3.63, 3.8) is 0 Å². The third-order valence-electron chi connectivity index (χ3n) is 6.78. The zero-order valence-corrected chi connectivity index (χ0v) is 21.7. The Hall–Kier alpha value is -2.86. The molecule has 192 valence electrons. The van der Waals surface area contributed by atoms with Gasteiger partial charge in [0.25, 0.3) is 5.91 Å². The van der Waals surface area contributed by atoms with E-state index in [1.807, 2.05) is 42.1 Å². The van der Waals surface area contributed by atoms with Crippen molar-refractivity contribution in [2.24, 2.45) is 0 Å². The van der Waals surface area contributed by atoms with Gasteiger partial charge in [-0.2, -0.15) is 0 Å². The number of halogens is 1. The second kappa shape index (κ2) is 10.6. The van der Waals surface area contributed by atoms with Gasteiger partial charge >= 0.3 is 0 Å². The molecule has 11 heteroatoms. The van der Waals surface area contributed by atoms with Gasteiger partial charge in [-0.05, 0) is 36.4 Å². The number of carbonyl (C=O) groups excluding carboxylic acids is 1. The fourth-order valence-corrected chi connectivity index (χ4v) is 5.54. The summed E-state index contributed by atoms with van der Waals surface area (Å²) in [6.07, 6.45) is 0.158. The van der Waals surface area contributed by atoms with Gasteiger partial charge in [-0.3, -0.25) is 15.4 Å². The predicted octanol–water partition coefficient (Wildman–Crippen LogP) is 2.50. The summed E-state index contributed by atoms with van der Waals surface area (Å²) < 4.78 is 15.9. The van der Waals surface area contributed by atoms with E-state index in [9.17, 15) is 9.18 Å². The van der Waals surface area contributed by atoms with E-state index < -0.39 is 12.2 Å². The number of nitrogens with one attached hydrogen (secondary N) is 3. The summed E-state index contributed by atoms with van der Waals surface area (Å²) in [5, 5.41) is 10.6. The Bertz CT molecular complexity index is 1190. The first kappa shape index (κ1) is 24.8. The molecule has 2 saturated heterocycles. The van der Waals surface area contributed by atoms with Gasteiger partial charge in [0.05, 0.1) is 21.8 Å². The lowest BCUT2D eigenvalue weighted by molar-refractivity contribution is 0.0643. The molecule has 3 N–H and O–H groups in total. The number of benzene rings is 1. The van der Waals surface area contributed by atoms with Crippen molar-refractivity contribution < 1.29 is 9.18 Å². The normalized spacial score (nSPS) is 23.1. The van der Waals surface area contributed by atoms with Crippen LogP contribution >= 0.6 is 11.3 Å². The number of alkyl halides is 1. The average molecular weight is 513 g/mol. The minimum atomic E-state index is -1.08. The molecule has 0 bridgehead atoms. The van der Waals surface area contributed by atoms with Crippen LogP contribution in [0, 0.1) is 0 Å². The van der Waals surface area contributed by atoms with E-state index in [-0.39, 0.29) is 18.7 Å². The zero-order chi connectivity index (χ0) is 25.2. The number of rotatable bonds is 6. The molecule has 1 amide bonds. The zero-order valence-electron chi connectivity index (χ0n) is 20.9. The van der Waals surface area contributed by atoms with Crippen LogP contribution in [0.5, 0.6) is 0 Å². The Labute approximate surface area is 214 Å². The fourth-order valence-electron chi connectivity index (χ4n) is 4.61. The van der Waals surface area contributed by atoms with Crippen molar-refractivity contribution >= 4 is 38.4 Å². The number of aromatic nitrogens is 2. The predicted molar refractivity (Wildman–Crippen MR) is 142 cm³/mol. The van der Waals surface area contributed by atoms with Crippen molar-refractivity contribution in [1.29, 1.82) is 0 Å². The third-order valence-corrected chi connectivity index (χ3v) is 7.96. The van der Waals surface area contributed by atoms with Crippen LogP contribution in [0.3, 0.4) is 0 Å². The molecule has 2 aliphatic heterocycles. The summed E-state index contributed by atoms with van der Waals surface area (Å²) in [5.74, 6) is 0.617. The highest BCUT2D eigenvalue weighted by Gasteiger charge is 2.31. The molecule has 0 radical (unpaired) electrons. The van der Waals surface area contributed by atoms with E-state index in [0.29, 0.717) is 11.4 Å². The first-order valence-electron chi connectivity index (χ1n) is 12.4. The average Bonchev–Trinajstić information content (AvgIpc) is 3.34. The number of thiazole rings is 1. The van der Waals surface area contributed by atoms with Crippen molar-refractivity contribution in [2.45, 2.75) is 25.4 Å². The van der Waals surface area contributed by atoms with Crippen LogP contribution < -0.4 is 20.9 Å². The number of anilines is 2. The number of amides is 1. The Morgan fingerprint density at radius 1 is 1.22 bits per heavy atom. The number of hydrogen-bond donors (Lipinski definition) is 3. The van der Waals surface area contributed by atoms with E-state index >= 15 is 0 Å². The van der Waals surface area contributed by atoms with Gasteiger partial charge < -0.3 is 20.0 Å². The lowest BCUT2D eigenvalue weighted by Crippen LogP contribution is -2.58. The molecule has 0 unspecified atom stereocenters. The largest absolute Gasteiger partial charge is 0.354 e. The van der Waals surface area contributed by atoms with Crippen LogP contribution in [0.15, 0.2) is 36.5 Å². The van der Waals surface area contributed by atoms with Crippen molar-refractivity contribution in [2.75, 3.05) is 63.6 Å². The van der Waals surface area contributed by atoms with E-state index in [0.717, 1.165) is 53.6 Å². The second-order valence-corrected chi connectivity index (χ2v) is 10.4. The first-order valence-corrected chi connectivity index (χ1v) is 13.2. The summed E-state index contributed by atoms with van der Waals surface area (Å²) in [7, 11) is 3.93. The van der Waals surface area contributed by atoms with Gasteiger partial charge in [0.2, 0.25) is 0 Å². The SMILES string of the molecule is CCN1CCN(C(=O)c2ccc(N[C@@H]3NC[C@@H](F)[C@H](c4ccc5nc(N(C)C)sc5c4)N3)nc2)CC1. The molecule has 5 rings (SSSR count). The number of piperazine rings is 1. The lowest BCUT2D eigenvalue weighted by atomic mass is 10.0. The number of nitrogens with zero attached hydrogens (tertiary/aromatic N) is 5. The topological polar surface area (TPSA) is 88.7 Å². The van der Waals surface area contributed by atoms with Crippen LogP contribution in [0.4, 0.5) is 15.3 Å². The highest BCUT2D eigenvalue weighted by Crippen LogP contribution is 2.32. The molecule has 2 aromatic heterocycles. The third kappa shape index (κ3) is 5.29. The summed E-state index contributed by atoms with van der Waals surface area (Å²) in [4.78, 5) is 28.1. The summed E-state index contributed by atoms with van der Waals surface area (Å²) in [5.41, 5.74) is 2.37. The lowest BCUT2D eigenvalue weighted by Gasteiger charge is -2.35. The summed E-state index contributed by atoms with van der Waals surface area (Å²) in [6, 6.07) is 9.02. The highest BCUT2D eigenvalue weighted by molar-refractivity contribution is 7.22.